The van der Waals surface area contributed by atoms with E-state index in [1.54, 1.807) is 25.1 Å². The zero-order chi connectivity index (χ0) is 25.3. The van der Waals surface area contributed by atoms with E-state index in [0.717, 1.165) is 5.56 Å². The van der Waals surface area contributed by atoms with Crippen molar-refractivity contribution in [1.82, 2.24) is 0 Å². The van der Waals surface area contributed by atoms with E-state index < -0.39 is 33.7 Å². The van der Waals surface area contributed by atoms with Gasteiger partial charge in [0.15, 0.2) is 0 Å². The number of hydrogen-bond donors (Lipinski definition) is 1. The van der Waals surface area contributed by atoms with E-state index >= 15 is 0 Å². The van der Waals surface area contributed by atoms with Crippen molar-refractivity contribution in [3.8, 4) is 0 Å². The van der Waals surface area contributed by atoms with Crippen LogP contribution in [0, 0.1) is 6.92 Å². The molecule has 4 rings (SSSR count). The fraction of sp³-hybridized carbons (Fsp3) is 0.192. The Balaban J connectivity index is 1.93. The van der Waals surface area contributed by atoms with Crippen LogP contribution in [0.15, 0.2) is 76.5 Å². The minimum absolute atomic E-state index is 0.0505. The quantitative estimate of drug-likeness (QED) is 0.540. The van der Waals surface area contributed by atoms with E-state index in [9.17, 15) is 22.8 Å². The molecular weight excluding hydrogens is 468 g/mol. The third-order valence-electron chi connectivity index (χ3n) is 5.96. The average Bonchev–Trinajstić information content (AvgIpc) is 2.93. The SMILES string of the molecule is CCC(C(=O)Nc1ccccc1C)N1C(=O)c2ccccc2S(=O)(=O)c2ccc(C(=O)OC)cc21. The van der Waals surface area contributed by atoms with E-state index in [4.69, 9.17) is 4.74 Å². The van der Waals surface area contributed by atoms with Gasteiger partial charge in [0, 0.05) is 5.69 Å². The highest BCUT2D eigenvalue weighted by Crippen LogP contribution is 2.39. The summed E-state index contributed by atoms with van der Waals surface area (Å²) in [5.41, 5.74) is 1.36. The van der Waals surface area contributed by atoms with Gasteiger partial charge in [0.05, 0.1) is 33.7 Å². The molecule has 9 heteroatoms. The summed E-state index contributed by atoms with van der Waals surface area (Å²) in [6.07, 6.45) is 0.188. The molecule has 0 bridgehead atoms. The summed E-state index contributed by atoms with van der Waals surface area (Å²) in [5, 5.41) is 2.85. The molecule has 1 heterocycles. The van der Waals surface area contributed by atoms with Crippen LogP contribution in [0.3, 0.4) is 0 Å². The number of carbonyl (C=O) groups excluding carboxylic acids is 3. The Hall–Kier alpha value is -3.98. The lowest BCUT2D eigenvalue weighted by molar-refractivity contribution is -0.117. The molecule has 0 saturated carbocycles. The van der Waals surface area contributed by atoms with Gasteiger partial charge in [-0.05, 0) is 55.3 Å². The number of benzene rings is 3. The highest BCUT2D eigenvalue weighted by Gasteiger charge is 2.40. The molecule has 0 fully saturated rings. The minimum atomic E-state index is -4.13. The normalized spacial score (nSPS) is 14.8. The van der Waals surface area contributed by atoms with Gasteiger partial charge in [-0.3, -0.25) is 14.5 Å². The van der Waals surface area contributed by atoms with Gasteiger partial charge in [0.2, 0.25) is 15.7 Å². The van der Waals surface area contributed by atoms with E-state index in [1.807, 2.05) is 19.1 Å². The second kappa shape index (κ2) is 9.34. The Morgan fingerprint density at radius 2 is 1.69 bits per heavy atom. The maximum Gasteiger partial charge on any atom is 0.337 e. The summed E-state index contributed by atoms with van der Waals surface area (Å²) in [6.45, 7) is 3.57. The average molecular weight is 493 g/mol. The standard InChI is InChI=1S/C26H24N2O6S/c1-4-20(24(29)27-19-11-7-5-9-16(19)2)28-21-15-17(26(31)34-3)13-14-23(21)35(32,33)22-12-8-6-10-18(22)25(28)30/h5-15,20H,4H2,1-3H3,(H,27,29). The molecule has 180 valence electrons. The Kier molecular flexibility index (Phi) is 6.45. The number of aryl methyl sites for hydroxylation is 1. The lowest BCUT2D eigenvalue weighted by Crippen LogP contribution is -2.47. The van der Waals surface area contributed by atoms with Crippen LogP contribution in [0.4, 0.5) is 11.4 Å². The molecule has 0 saturated heterocycles. The number of rotatable bonds is 5. The molecule has 0 radical (unpaired) electrons. The van der Waals surface area contributed by atoms with Gasteiger partial charge in [0.1, 0.15) is 6.04 Å². The van der Waals surface area contributed by atoms with Crippen LogP contribution >= 0.6 is 0 Å². The van der Waals surface area contributed by atoms with Gasteiger partial charge in [-0.15, -0.1) is 0 Å². The molecule has 2 amide bonds. The number of esters is 1. The number of fused-ring (bicyclic) bond motifs is 2. The molecule has 35 heavy (non-hydrogen) atoms. The third kappa shape index (κ3) is 4.19. The fourth-order valence-corrected chi connectivity index (χ4v) is 5.76. The number of nitrogens with zero attached hydrogens (tertiary/aromatic N) is 1. The number of para-hydroxylation sites is 1. The summed E-state index contributed by atoms with van der Waals surface area (Å²) < 4.78 is 31.9. The van der Waals surface area contributed by atoms with Gasteiger partial charge >= 0.3 is 5.97 Å². The number of carbonyl (C=O) groups is 3. The Morgan fingerprint density at radius 1 is 1.00 bits per heavy atom. The van der Waals surface area contributed by atoms with Crippen LogP contribution in [0.1, 0.15) is 39.6 Å². The van der Waals surface area contributed by atoms with Gasteiger partial charge in [0.25, 0.3) is 5.91 Å². The van der Waals surface area contributed by atoms with Crippen molar-refractivity contribution in [3.63, 3.8) is 0 Å². The zero-order valence-electron chi connectivity index (χ0n) is 19.4. The molecule has 0 aliphatic carbocycles. The molecule has 0 aromatic heterocycles. The first-order chi connectivity index (χ1) is 16.7. The molecule has 0 spiro atoms. The van der Waals surface area contributed by atoms with Crippen LogP contribution in [0.25, 0.3) is 0 Å². The van der Waals surface area contributed by atoms with E-state index in [-0.39, 0.29) is 33.0 Å². The molecule has 3 aromatic rings. The van der Waals surface area contributed by atoms with Crippen LogP contribution < -0.4 is 10.2 Å². The largest absolute Gasteiger partial charge is 0.465 e. The predicted molar refractivity (Wildman–Crippen MR) is 130 cm³/mol. The smallest absolute Gasteiger partial charge is 0.337 e. The van der Waals surface area contributed by atoms with Gasteiger partial charge in [-0.25, -0.2) is 13.2 Å². The van der Waals surface area contributed by atoms with Crippen molar-refractivity contribution < 1.29 is 27.5 Å². The van der Waals surface area contributed by atoms with Crippen molar-refractivity contribution in [2.24, 2.45) is 0 Å². The van der Waals surface area contributed by atoms with Gasteiger partial charge in [-0.1, -0.05) is 37.3 Å². The predicted octanol–water partition coefficient (Wildman–Crippen LogP) is 3.99. The zero-order valence-corrected chi connectivity index (χ0v) is 20.3. The number of amides is 2. The summed E-state index contributed by atoms with van der Waals surface area (Å²) in [6, 6.07) is 15.9. The van der Waals surface area contributed by atoms with Crippen LogP contribution in [-0.4, -0.2) is 39.4 Å². The van der Waals surface area contributed by atoms with Crippen LogP contribution in [0.5, 0.6) is 0 Å². The Labute approximate surface area is 203 Å². The first kappa shape index (κ1) is 24.2. The number of ether oxygens (including phenoxy) is 1. The van der Waals surface area contributed by atoms with Crippen LogP contribution in [0.2, 0.25) is 0 Å². The van der Waals surface area contributed by atoms with Crippen molar-refractivity contribution in [1.29, 1.82) is 0 Å². The topological polar surface area (TPSA) is 110 Å². The second-order valence-electron chi connectivity index (χ2n) is 8.08. The summed E-state index contributed by atoms with van der Waals surface area (Å²) >= 11 is 0. The first-order valence-corrected chi connectivity index (χ1v) is 12.5. The highest BCUT2D eigenvalue weighted by molar-refractivity contribution is 7.91. The maximum atomic E-state index is 13.8. The molecule has 8 nitrogen and oxygen atoms in total. The summed E-state index contributed by atoms with van der Waals surface area (Å²) in [4.78, 5) is 40.4. The van der Waals surface area contributed by atoms with E-state index in [2.05, 4.69) is 5.32 Å². The minimum Gasteiger partial charge on any atom is -0.465 e. The molecule has 1 N–H and O–H groups in total. The van der Waals surface area contributed by atoms with Crippen molar-refractivity contribution in [3.05, 3.63) is 83.4 Å². The summed E-state index contributed by atoms with van der Waals surface area (Å²) in [7, 11) is -2.93. The van der Waals surface area contributed by atoms with Gasteiger partial charge < -0.3 is 10.1 Å². The Morgan fingerprint density at radius 3 is 2.37 bits per heavy atom. The van der Waals surface area contributed by atoms with Crippen molar-refractivity contribution >= 4 is 39.0 Å². The molecule has 1 aliphatic rings. The number of sulfone groups is 1. The summed E-state index contributed by atoms with van der Waals surface area (Å²) in [5.74, 6) is -1.84. The first-order valence-electron chi connectivity index (χ1n) is 11.0. The number of nitrogens with one attached hydrogen (secondary N) is 1. The monoisotopic (exact) mass is 492 g/mol. The van der Waals surface area contributed by atoms with E-state index in [0.29, 0.717) is 5.69 Å². The molecular formula is C26H24N2O6S. The van der Waals surface area contributed by atoms with Gasteiger partial charge in [-0.2, -0.15) is 0 Å². The van der Waals surface area contributed by atoms with Crippen molar-refractivity contribution in [2.75, 3.05) is 17.3 Å². The Bertz CT molecular complexity index is 1450. The lowest BCUT2D eigenvalue weighted by atomic mass is 10.1. The van der Waals surface area contributed by atoms with Crippen molar-refractivity contribution in [2.45, 2.75) is 36.1 Å². The number of hydrogen-bond acceptors (Lipinski definition) is 6. The second-order valence-corrected chi connectivity index (χ2v) is 9.96. The van der Waals surface area contributed by atoms with E-state index in [1.165, 1.54) is 48.4 Å². The van der Waals surface area contributed by atoms with Crippen LogP contribution in [-0.2, 0) is 19.4 Å². The fourth-order valence-electron chi connectivity index (χ4n) is 4.14. The molecule has 1 atom stereocenters. The molecule has 3 aromatic carbocycles. The number of anilines is 2. The molecule has 1 aliphatic heterocycles. The highest BCUT2D eigenvalue weighted by atomic mass is 32.2. The maximum absolute atomic E-state index is 13.8. The third-order valence-corrected chi connectivity index (χ3v) is 7.82. The number of methoxy groups -OCH3 is 1. The molecule has 1 unspecified atom stereocenters. The lowest BCUT2D eigenvalue weighted by Gasteiger charge is -2.30.